The zero-order valence-corrected chi connectivity index (χ0v) is 20.2. The summed E-state index contributed by atoms with van der Waals surface area (Å²) < 4.78 is 3.17. The van der Waals surface area contributed by atoms with E-state index in [4.69, 9.17) is 4.98 Å². The summed E-state index contributed by atoms with van der Waals surface area (Å²) >= 11 is 6.23. The van der Waals surface area contributed by atoms with Gasteiger partial charge in [-0.2, -0.15) is 0 Å². The van der Waals surface area contributed by atoms with E-state index in [9.17, 15) is 10.1 Å². The van der Waals surface area contributed by atoms with Gasteiger partial charge in [-0.15, -0.1) is 0 Å². The lowest BCUT2D eigenvalue weighted by molar-refractivity contribution is -0.380. The van der Waals surface area contributed by atoms with Crippen LogP contribution in [0.25, 0.3) is 47.9 Å². The molecule has 0 radical (unpaired) electrons. The van der Waals surface area contributed by atoms with E-state index in [1.54, 1.807) is 17.4 Å². The third-order valence-corrected chi connectivity index (χ3v) is 8.29. The molecule has 0 saturated carbocycles. The Balaban J connectivity index is 1.64. The van der Waals surface area contributed by atoms with E-state index in [2.05, 4.69) is 44.8 Å². The topological polar surface area (TPSA) is 61.0 Å². The molecule has 3 aromatic carbocycles. The van der Waals surface area contributed by atoms with Gasteiger partial charge in [0, 0.05) is 26.9 Å². The number of thiophene rings is 1. The molecule has 0 fully saturated rings. The van der Waals surface area contributed by atoms with Gasteiger partial charge in [-0.05, 0) is 30.3 Å². The van der Waals surface area contributed by atoms with Crippen molar-refractivity contribution >= 4 is 65.4 Å². The molecule has 6 rings (SSSR count). The second kappa shape index (κ2) is 7.91. The molecule has 5 nitrogen and oxygen atoms in total. The Kier molecular flexibility index (Phi) is 4.86. The van der Waals surface area contributed by atoms with Crippen LogP contribution >= 0.6 is 38.6 Å². The predicted octanol–water partition coefficient (Wildman–Crippen LogP) is 8.31. The largest absolute Gasteiger partial charge is 0.324 e. The molecule has 0 unspecified atom stereocenters. The van der Waals surface area contributed by atoms with E-state index >= 15 is 0 Å². The van der Waals surface area contributed by atoms with Crippen molar-refractivity contribution in [1.82, 2.24) is 9.55 Å². The van der Waals surface area contributed by atoms with Crippen LogP contribution in [0.15, 0.2) is 89.4 Å². The van der Waals surface area contributed by atoms with Crippen molar-refractivity contribution < 1.29 is 4.92 Å². The Morgan fingerprint density at radius 1 is 0.818 bits per heavy atom. The quantitative estimate of drug-likeness (QED) is 0.169. The molecular weight excluding hydrogens is 518 g/mol. The molecule has 160 valence electrons. The van der Waals surface area contributed by atoms with Crippen LogP contribution in [0.2, 0.25) is 0 Å². The zero-order chi connectivity index (χ0) is 22.5. The number of para-hydroxylation sites is 2. The molecule has 0 atom stereocenters. The van der Waals surface area contributed by atoms with Crippen LogP contribution in [-0.2, 0) is 0 Å². The summed E-state index contributed by atoms with van der Waals surface area (Å²) in [5.74, 6) is 0. The zero-order valence-electron chi connectivity index (χ0n) is 16.9. The number of halogens is 1. The summed E-state index contributed by atoms with van der Waals surface area (Å²) in [6.07, 6.45) is 0. The summed E-state index contributed by atoms with van der Waals surface area (Å²) in [6, 6.07) is 28.0. The van der Waals surface area contributed by atoms with Gasteiger partial charge in [-0.1, -0.05) is 87.1 Å². The number of fused-ring (bicyclic) bond motifs is 3. The normalized spacial score (nSPS) is 11.4. The summed E-state index contributed by atoms with van der Waals surface area (Å²) in [4.78, 5) is 17.8. The number of nitro groups is 1. The van der Waals surface area contributed by atoms with Crippen molar-refractivity contribution in [3.05, 3.63) is 99.5 Å². The van der Waals surface area contributed by atoms with Crippen LogP contribution in [0.5, 0.6) is 0 Å². The van der Waals surface area contributed by atoms with E-state index in [-0.39, 0.29) is 9.92 Å². The second-order valence-electron chi connectivity index (χ2n) is 7.45. The van der Waals surface area contributed by atoms with Gasteiger partial charge in [-0.3, -0.25) is 14.7 Å². The SMILES string of the molecule is O=[N+]([O-])c1ccc(-c2sc(-n3c4ccccc4c4ccccc43)nc2-c2ccc(Br)cc2)s1. The highest BCUT2D eigenvalue weighted by molar-refractivity contribution is 9.10. The van der Waals surface area contributed by atoms with E-state index < -0.39 is 0 Å². The van der Waals surface area contributed by atoms with E-state index in [0.717, 1.165) is 41.6 Å². The minimum atomic E-state index is -0.345. The Bertz CT molecular complexity index is 1610. The highest BCUT2D eigenvalue weighted by atomic mass is 79.9. The molecule has 0 aliphatic rings. The first-order valence-electron chi connectivity index (χ1n) is 10.1. The number of hydrogen-bond acceptors (Lipinski definition) is 5. The molecule has 0 bridgehead atoms. The van der Waals surface area contributed by atoms with Crippen molar-refractivity contribution in [2.45, 2.75) is 0 Å². The standard InChI is InChI=1S/C25H14BrN3O2S2/c26-16-11-9-15(10-12-16)23-24(21-13-14-22(32-21)29(30)31)33-25(27-23)28-19-7-3-1-5-17(19)18-6-2-4-8-20(18)28/h1-14H. The average molecular weight is 532 g/mol. The fraction of sp³-hybridized carbons (Fsp3) is 0. The third kappa shape index (κ3) is 3.38. The minimum Gasteiger partial charge on any atom is -0.285 e. The van der Waals surface area contributed by atoms with Gasteiger partial charge in [0.1, 0.15) is 0 Å². The molecule has 3 heterocycles. The Labute approximate surface area is 204 Å². The van der Waals surface area contributed by atoms with Gasteiger partial charge in [-0.25, -0.2) is 4.98 Å². The van der Waals surface area contributed by atoms with Crippen LogP contribution in [0.4, 0.5) is 5.00 Å². The highest BCUT2D eigenvalue weighted by Crippen LogP contribution is 2.44. The average Bonchev–Trinajstić information content (AvgIpc) is 3.55. The monoisotopic (exact) mass is 531 g/mol. The Hall–Kier alpha value is -3.33. The number of thiazole rings is 1. The summed E-state index contributed by atoms with van der Waals surface area (Å²) in [5, 5.41) is 14.6. The number of nitrogens with zero attached hydrogens (tertiary/aromatic N) is 3. The molecule has 33 heavy (non-hydrogen) atoms. The van der Waals surface area contributed by atoms with E-state index in [1.165, 1.54) is 22.1 Å². The Morgan fingerprint density at radius 3 is 2.06 bits per heavy atom. The van der Waals surface area contributed by atoms with Crippen molar-refractivity contribution in [1.29, 1.82) is 0 Å². The molecule has 8 heteroatoms. The van der Waals surface area contributed by atoms with Crippen LogP contribution in [0, 0.1) is 10.1 Å². The van der Waals surface area contributed by atoms with Gasteiger partial charge in [0.05, 0.1) is 31.4 Å². The maximum absolute atomic E-state index is 11.3. The molecule has 0 spiro atoms. The first-order chi connectivity index (χ1) is 16.1. The van der Waals surface area contributed by atoms with Crippen molar-refractivity contribution in [2.24, 2.45) is 0 Å². The summed E-state index contributed by atoms with van der Waals surface area (Å²) in [5.41, 5.74) is 3.95. The van der Waals surface area contributed by atoms with Gasteiger partial charge < -0.3 is 0 Å². The summed E-state index contributed by atoms with van der Waals surface area (Å²) in [6.45, 7) is 0. The van der Waals surface area contributed by atoms with Crippen molar-refractivity contribution in [3.63, 3.8) is 0 Å². The number of aromatic nitrogens is 2. The predicted molar refractivity (Wildman–Crippen MR) is 140 cm³/mol. The first-order valence-corrected chi connectivity index (χ1v) is 12.5. The van der Waals surface area contributed by atoms with Gasteiger partial charge in [0.25, 0.3) is 0 Å². The Morgan fingerprint density at radius 2 is 1.45 bits per heavy atom. The fourth-order valence-electron chi connectivity index (χ4n) is 4.05. The van der Waals surface area contributed by atoms with E-state index in [1.807, 2.05) is 54.6 Å². The van der Waals surface area contributed by atoms with E-state index in [0.29, 0.717) is 0 Å². The number of hydrogen-bond donors (Lipinski definition) is 0. The molecule has 3 aromatic heterocycles. The lowest BCUT2D eigenvalue weighted by atomic mass is 10.1. The maximum Gasteiger partial charge on any atom is 0.324 e. The second-order valence-corrected chi connectivity index (χ2v) is 10.4. The molecule has 0 N–H and O–H groups in total. The lowest BCUT2D eigenvalue weighted by Crippen LogP contribution is -1.92. The van der Waals surface area contributed by atoms with Crippen molar-refractivity contribution in [2.75, 3.05) is 0 Å². The summed E-state index contributed by atoms with van der Waals surface area (Å²) in [7, 11) is 0. The fourth-order valence-corrected chi connectivity index (χ4v) is 6.36. The lowest BCUT2D eigenvalue weighted by Gasteiger charge is -2.02. The van der Waals surface area contributed by atoms with Crippen molar-refractivity contribution in [3.8, 4) is 26.1 Å². The van der Waals surface area contributed by atoms with Gasteiger partial charge >= 0.3 is 5.00 Å². The molecule has 6 aromatic rings. The molecule has 0 aliphatic heterocycles. The smallest absolute Gasteiger partial charge is 0.285 e. The maximum atomic E-state index is 11.3. The van der Waals surface area contributed by atoms with Crippen LogP contribution in [0.3, 0.4) is 0 Å². The van der Waals surface area contributed by atoms with Crippen LogP contribution < -0.4 is 0 Å². The molecule has 0 saturated heterocycles. The number of rotatable bonds is 4. The highest BCUT2D eigenvalue weighted by Gasteiger charge is 2.22. The molecular formula is C25H14BrN3O2S2. The third-order valence-electron chi connectivity index (χ3n) is 5.50. The minimum absolute atomic E-state index is 0.124. The van der Waals surface area contributed by atoms with Gasteiger partial charge in [0.2, 0.25) is 0 Å². The van der Waals surface area contributed by atoms with Gasteiger partial charge in [0.15, 0.2) is 5.13 Å². The first kappa shape index (κ1) is 20.3. The van der Waals surface area contributed by atoms with Crippen LogP contribution in [-0.4, -0.2) is 14.5 Å². The molecule has 0 aliphatic carbocycles. The number of benzene rings is 3. The van der Waals surface area contributed by atoms with Crippen LogP contribution in [0.1, 0.15) is 0 Å². The molecule has 0 amide bonds.